The van der Waals surface area contributed by atoms with Gasteiger partial charge in [-0.05, 0) is 12.8 Å². The Morgan fingerprint density at radius 2 is 2.15 bits per heavy atom. The van der Waals surface area contributed by atoms with Crippen LogP contribution in [0.25, 0.3) is 0 Å². The highest BCUT2D eigenvalue weighted by Gasteiger charge is 2.35. The van der Waals surface area contributed by atoms with Gasteiger partial charge in [0.2, 0.25) is 5.91 Å². The molecule has 1 aliphatic rings. The molecular weight excluding hydrogens is 256 g/mol. The van der Waals surface area contributed by atoms with E-state index in [9.17, 15) is 9.59 Å². The van der Waals surface area contributed by atoms with E-state index in [2.05, 4.69) is 23.8 Å². The maximum absolute atomic E-state index is 12.3. The molecule has 6 nitrogen and oxygen atoms in total. The van der Waals surface area contributed by atoms with Gasteiger partial charge in [-0.25, -0.2) is 4.98 Å². The van der Waals surface area contributed by atoms with E-state index in [1.165, 1.54) is 18.6 Å². The molecule has 0 saturated carbocycles. The van der Waals surface area contributed by atoms with Crippen molar-refractivity contribution in [2.75, 3.05) is 19.6 Å². The molecule has 1 unspecified atom stereocenters. The fourth-order valence-corrected chi connectivity index (χ4v) is 2.39. The summed E-state index contributed by atoms with van der Waals surface area (Å²) in [5.41, 5.74) is 0.282. The minimum absolute atomic E-state index is 0.00203. The lowest BCUT2D eigenvalue weighted by atomic mass is 10.1. The van der Waals surface area contributed by atoms with Crippen LogP contribution in [0.2, 0.25) is 0 Å². The molecule has 0 aliphatic carbocycles. The van der Waals surface area contributed by atoms with Gasteiger partial charge in [-0.3, -0.25) is 14.6 Å². The first-order chi connectivity index (χ1) is 9.50. The third kappa shape index (κ3) is 2.95. The summed E-state index contributed by atoms with van der Waals surface area (Å²) in [5, 5.41) is 0. The van der Waals surface area contributed by atoms with Crippen LogP contribution in [-0.4, -0.2) is 57.3 Å². The summed E-state index contributed by atoms with van der Waals surface area (Å²) < 4.78 is 0. The molecule has 2 amide bonds. The lowest BCUT2D eigenvalue weighted by Gasteiger charge is -2.39. The maximum atomic E-state index is 12.3. The Labute approximate surface area is 118 Å². The van der Waals surface area contributed by atoms with Crippen LogP contribution < -0.4 is 0 Å². The van der Waals surface area contributed by atoms with Gasteiger partial charge in [0.05, 0.1) is 6.20 Å². The second-order valence-electron chi connectivity index (χ2n) is 5.44. The van der Waals surface area contributed by atoms with Crippen molar-refractivity contribution >= 4 is 11.8 Å². The van der Waals surface area contributed by atoms with Gasteiger partial charge in [0.15, 0.2) is 0 Å². The van der Waals surface area contributed by atoms with Crippen LogP contribution in [0.5, 0.6) is 0 Å². The molecular formula is C14H20N4O2. The van der Waals surface area contributed by atoms with Crippen LogP contribution in [-0.2, 0) is 4.79 Å². The average molecular weight is 276 g/mol. The zero-order valence-electron chi connectivity index (χ0n) is 12.1. The maximum Gasteiger partial charge on any atom is 0.274 e. The number of carbonyl (C=O) groups excluding carboxylic acids is 2. The lowest BCUT2D eigenvalue weighted by molar-refractivity contribution is -0.140. The molecule has 2 heterocycles. The van der Waals surface area contributed by atoms with Crippen molar-refractivity contribution in [3.8, 4) is 0 Å². The Bertz CT molecular complexity index is 489. The fraction of sp³-hybridized carbons (Fsp3) is 0.571. The smallest absolute Gasteiger partial charge is 0.274 e. The summed E-state index contributed by atoms with van der Waals surface area (Å²) in [7, 11) is 0. The zero-order valence-corrected chi connectivity index (χ0v) is 12.1. The van der Waals surface area contributed by atoms with E-state index >= 15 is 0 Å². The van der Waals surface area contributed by atoms with Gasteiger partial charge in [-0.15, -0.1) is 0 Å². The van der Waals surface area contributed by atoms with E-state index in [1.54, 1.807) is 11.8 Å². The molecule has 1 aromatic heterocycles. The molecule has 1 fully saturated rings. The summed E-state index contributed by atoms with van der Waals surface area (Å²) in [4.78, 5) is 35.9. The fourth-order valence-electron chi connectivity index (χ4n) is 2.39. The summed E-state index contributed by atoms with van der Waals surface area (Å²) in [6.07, 6.45) is 4.43. The SMILES string of the molecule is CC(C)CN1CCN(C(=O)c2cnccn2)C(C)C1=O. The number of rotatable bonds is 3. The van der Waals surface area contributed by atoms with E-state index in [1.807, 2.05) is 4.90 Å². The zero-order chi connectivity index (χ0) is 14.7. The molecule has 2 rings (SSSR count). The van der Waals surface area contributed by atoms with E-state index in [-0.39, 0.29) is 17.5 Å². The van der Waals surface area contributed by atoms with Crippen molar-refractivity contribution in [1.82, 2.24) is 19.8 Å². The van der Waals surface area contributed by atoms with E-state index in [4.69, 9.17) is 0 Å². The Kier molecular flexibility index (Phi) is 4.32. The normalized spacial score (nSPS) is 19.6. The monoisotopic (exact) mass is 276 g/mol. The topological polar surface area (TPSA) is 66.4 Å². The Morgan fingerprint density at radius 3 is 2.75 bits per heavy atom. The van der Waals surface area contributed by atoms with Crippen molar-refractivity contribution in [2.45, 2.75) is 26.8 Å². The largest absolute Gasteiger partial charge is 0.339 e. The molecule has 6 heteroatoms. The van der Waals surface area contributed by atoms with Crippen molar-refractivity contribution in [3.63, 3.8) is 0 Å². The molecule has 0 spiro atoms. The number of aromatic nitrogens is 2. The summed E-state index contributed by atoms with van der Waals surface area (Å²) >= 11 is 0. The van der Waals surface area contributed by atoms with Gasteiger partial charge in [0.25, 0.3) is 5.91 Å². The molecule has 0 N–H and O–H groups in total. The molecule has 108 valence electrons. The molecule has 0 aromatic carbocycles. The minimum Gasteiger partial charge on any atom is -0.339 e. The minimum atomic E-state index is -0.447. The summed E-state index contributed by atoms with van der Waals surface area (Å²) in [6, 6.07) is -0.447. The Morgan fingerprint density at radius 1 is 1.40 bits per heavy atom. The Hall–Kier alpha value is -1.98. The lowest BCUT2D eigenvalue weighted by Crippen LogP contribution is -2.58. The first-order valence-electron chi connectivity index (χ1n) is 6.86. The predicted octanol–water partition coefficient (Wildman–Crippen LogP) is 0.805. The van der Waals surface area contributed by atoms with Crippen LogP contribution in [0.15, 0.2) is 18.6 Å². The second-order valence-corrected chi connectivity index (χ2v) is 5.44. The van der Waals surface area contributed by atoms with Gasteiger partial charge < -0.3 is 9.80 Å². The van der Waals surface area contributed by atoms with Crippen LogP contribution in [0.1, 0.15) is 31.3 Å². The van der Waals surface area contributed by atoms with Crippen LogP contribution in [0.3, 0.4) is 0 Å². The molecule has 1 aromatic rings. The van der Waals surface area contributed by atoms with Gasteiger partial charge in [0.1, 0.15) is 11.7 Å². The standard InChI is InChI=1S/C14H20N4O2/c1-10(2)9-17-6-7-18(11(3)13(17)19)14(20)12-8-15-4-5-16-12/h4-5,8,10-11H,6-7,9H2,1-3H3. The summed E-state index contributed by atoms with van der Waals surface area (Å²) in [5.74, 6) is 0.193. The van der Waals surface area contributed by atoms with Crippen molar-refractivity contribution in [2.24, 2.45) is 5.92 Å². The quantitative estimate of drug-likeness (QED) is 0.819. The predicted molar refractivity (Wildman–Crippen MR) is 73.9 cm³/mol. The van der Waals surface area contributed by atoms with Crippen molar-refractivity contribution in [3.05, 3.63) is 24.3 Å². The van der Waals surface area contributed by atoms with E-state index < -0.39 is 6.04 Å². The average Bonchev–Trinajstić information content (AvgIpc) is 2.44. The van der Waals surface area contributed by atoms with Crippen LogP contribution in [0, 0.1) is 5.92 Å². The first-order valence-corrected chi connectivity index (χ1v) is 6.86. The van der Waals surface area contributed by atoms with Crippen molar-refractivity contribution < 1.29 is 9.59 Å². The molecule has 1 atom stereocenters. The highest BCUT2D eigenvalue weighted by Crippen LogP contribution is 2.15. The highest BCUT2D eigenvalue weighted by molar-refractivity contribution is 5.96. The molecule has 0 bridgehead atoms. The van der Waals surface area contributed by atoms with Crippen LogP contribution in [0.4, 0.5) is 0 Å². The third-order valence-electron chi connectivity index (χ3n) is 3.38. The van der Waals surface area contributed by atoms with Gasteiger partial charge in [0, 0.05) is 32.0 Å². The van der Waals surface area contributed by atoms with Gasteiger partial charge in [-0.1, -0.05) is 13.8 Å². The molecule has 1 saturated heterocycles. The second kappa shape index (κ2) is 5.98. The number of amides is 2. The van der Waals surface area contributed by atoms with Gasteiger partial charge in [-0.2, -0.15) is 0 Å². The van der Waals surface area contributed by atoms with E-state index in [0.717, 1.165) is 6.54 Å². The third-order valence-corrected chi connectivity index (χ3v) is 3.38. The molecule has 20 heavy (non-hydrogen) atoms. The number of hydrogen-bond acceptors (Lipinski definition) is 4. The Balaban J connectivity index is 2.09. The van der Waals surface area contributed by atoms with Crippen LogP contribution >= 0.6 is 0 Å². The van der Waals surface area contributed by atoms with E-state index in [0.29, 0.717) is 19.0 Å². The number of piperazine rings is 1. The summed E-state index contributed by atoms with van der Waals surface area (Å²) in [6.45, 7) is 7.77. The van der Waals surface area contributed by atoms with Gasteiger partial charge >= 0.3 is 0 Å². The number of carbonyl (C=O) groups is 2. The first kappa shape index (κ1) is 14.4. The molecule has 1 aliphatic heterocycles. The highest BCUT2D eigenvalue weighted by atomic mass is 16.2. The number of hydrogen-bond donors (Lipinski definition) is 0. The van der Waals surface area contributed by atoms with Crippen molar-refractivity contribution in [1.29, 1.82) is 0 Å². The number of nitrogens with zero attached hydrogens (tertiary/aromatic N) is 4. The molecule has 0 radical (unpaired) electrons.